The third-order valence-electron chi connectivity index (χ3n) is 2.00. The number of hydrogen-bond acceptors (Lipinski definition) is 6. The summed E-state index contributed by atoms with van der Waals surface area (Å²) in [5.41, 5.74) is 5.95. The molecule has 1 rings (SSSR count). The summed E-state index contributed by atoms with van der Waals surface area (Å²) in [7, 11) is 0. The van der Waals surface area contributed by atoms with Gasteiger partial charge >= 0.3 is 0 Å². The maximum Gasteiger partial charge on any atom is 0.267 e. The van der Waals surface area contributed by atoms with Gasteiger partial charge in [0.15, 0.2) is 5.84 Å². The number of carbonyl (C=O) groups is 1. The molecule has 1 aromatic heterocycles. The lowest BCUT2D eigenvalue weighted by molar-refractivity contribution is 0.0790. The van der Waals surface area contributed by atoms with Crippen LogP contribution in [0.15, 0.2) is 5.16 Å². The molecule has 0 aromatic carbocycles. The number of rotatable bonds is 4. The lowest BCUT2D eigenvalue weighted by Gasteiger charge is -2.18. The normalized spacial score (nSPS) is 11.5. The van der Waals surface area contributed by atoms with Crippen molar-refractivity contribution in [2.45, 2.75) is 13.8 Å². The van der Waals surface area contributed by atoms with E-state index >= 15 is 0 Å². The average molecular weight is 243 g/mol. The van der Waals surface area contributed by atoms with Gasteiger partial charge in [-0.05, 0) is 25.4 Å². The second kappa shape index (κ2) is 5.40. The van der Waals surface area contributed by atoms with Crippen LogP contribution in [0.2, 0.25) is 0 Å². The third kappa shape index (κ3) is 2.66. The van der Waals surface area contributed by atoms with Gasteiger partial charge in [-0.1, -0.05) is 9.64 Å². The van der Waals surface area contributed by atoms with Gasteiger partial charge in [-0.15, -0.1) is 5.10 Å². The molecule has 0 radical (unpaired) electrons. The van der Waals surface area contributed by atoms with Crippen LogP contribution < -0.4 is 5.73 Å². The van der Waals surface area contributed by atoms with Crippen molar-refractivity contribution in [3.05, 3.63) is 10.6 Å². The Bertz CT molecular complexity index is 403. The molecule has 1 amide bonds. The second-order valence-electron chi connectivity index (χ2n) is 3.10. The van der Waals surface area contributed by atoms with Crippen molar-refractivity contribution < 1.29 is 10.0 Å². The SMILES string of the molecule is CCN(CC(N)=NO)C(=O)c1snnc1C. The van der Waals surface area contributed by atoms with E-state index < -0.39 is 0 Å². The first kappa shape index (κ1) is 12.4. The highest BCUT2D eigenvalue weighted by atomic mass is 32.1. The van der Waals surface area contributed by atoms with Crippen LogP contribution in [-0.4, -0.2) is 44.5 Å². The first-order valence-corrected chi connectivity index (χ1v) is 5.42. The molecule has 8 heteroatoms. The highest BCUT2D eigenvalue weighted by Gasteiger charge is 2.20. The Hall–Kier alpha value is -1.70. The van der Waals surface area contributed by atoms with E-state index in [2.05, 4.69) is 14.7 Å². The van der Waals surface area contributed by atoms with Gasteiger partial charge in [-0.25, -0.2) is 0 Å². The first-order valence-electron chi connectivity index (χ1n) is 4.64. The second-order valence-corrected chi connectivity index (χ2v) is 3.85. The van der Waals surface area contributed by atoms with Gasteiger partial charge in [0, 0.05) is 6.54 Å². The Morgan fingerprint density at radius 3 is 2.81 bits per heavy atom. The van der Waals surface area contributed by atoms with Gasteiger partial charge in [0.25, 0.3) is 5.91 Å². The summed E-state index contributed by atoms with van der Waals surface area (Å²) in [6, 6.07) is 0. The summed E-state index contributed by atoms with van der Waals surface area (Å²) in [6.45, 7) is 4.08. The molecule has 1 aromatic rings. The number of carbonyl (C=O) groups excluding carboxylic acids is 1. The molecule has 0 aliphatic carbocycles. The number of amides is 1. The Morgan fingerprint density at radius 1 is 1.69 bits per heavy atom. The largest absolute Gasteiger partial charge is 0.409 e. The highest BCUT2D eigenvalue weighted by molar-refractivity contribution is 7.07. The predicted molar refractivity (Wildman–Crippen MR) is 59.6 cm³/mol. The molecule has 3 N–H and O–H groups in total. The van der Waals surface area contributed by atoms with E-state index in [1.54, 1.807) is 6.92 Å². The topological polar surface area (TPSA) is 105 Å². The molecule has 0 fully saturated rings. The molecule has 1 heterocycles. The number of nitrogens with zero attached hydrogens (tertiary/aromatic N) is 4. The van der Waals surface area contributed by atoms with E-state index in [-0.39, 0.29) is 18.3 Å². The first-order chi connectivity index (χ1) is 7.60. The maximum absolute atomic E-state index is 12.0. The molecule has 0 atom stereocenters. The smallest absolute Gasteiger partial charge is 0.267 e. The van der Waals surface area contributed by atoms with Crippen LogP contribution in [0.5, 0.6) is 0 Å². The van der Waals surface area contributed by atoms with Crippen LogP contribution in [0.25, 0.3) is 0 Å². The van der Waals surface area contributed by atoms with Crippen LogP contribution in [0, 0.1) is 6.92 Å². The third-order valence-corrected chi connectivity index (χ3v) is 2.81. The highest BCUT2D eigenvalue weighted by Crippen LogP contribution is 2.12. The van der Waals surface area contributed by atoms with Gasteiger partial charge in [-0.2, -0.15) is 0 Å². The van der Waals surface area contributed by atoms with E-state index in [1.807, 2.05) is 6.92 Å². The molecule has 0 unspecified atom stereocenters. The zero-order chi connectivity index (χ0) is 12.1. The minimum absolute atomic E-state index is 0.00896. The lowest BCUT2D eigenvalue weighted by atomic mass is 10.3. The Balaban J connectivity index is 2.82. The molecule has 16 heavy (non-hydrogen) atoms. The summed E-state index contributed by atoms with van der Waals surface area (Å²) in [4.78, 5) is 13.9. The maximum atomic E-state index is 12.0. The molecule has 0 saturated carbocycles. The van der Waals surface area contributed by atoms with Crippen LogP contribution >= 0.6 is 11.5 Å². The quantitative estimate of drug-likeness (QED) is 0.336. The van der Waals surface area contributed by atoms with E-state index in [0.717, 1.165) is 11.5 Å². The molecule has 0 saturated heterocycles. The van der Waals surface area contributed by atoms with E-state index in [0.29, 0.717) is 17.1 Å². The summed E-state index contributed by atoms with van der Waals surface area (Å²) < 4.78 is 3.69. The van der Waals surface area contributed by atoms with Crippen molar-refractivity contribution in [2.24, 2.45) is 10.9 Å². The fourth-order valence-corrected chi connectivity index (χ4v) is 1.75. The van der Waals surface area contributed by atoms with E-state index in [4.69, 9.17) is 10.9 Å². The summed E-state index contributed by atoms with van der Waals surface area (Å²) >= 11 is 1.04. The molecule has 88 valence electrons. The number of nitrogens with two attached hydrogens (primary N) is 1. The van der Waals surface area contributed by atoms with Gasteiger partial charge in [0.05, 0.1) is 12.2 Å². The van der Waals surface area contributed by atoms with Crippen molar-refractivity contribution >= 4 is 23.3 Å². The van der Waals surface area contributed by atoms with Gasteiger partial charge in [0.2, 0.25) is 0 Å². The Labute approximate surface area is 96.7 Å². The fraction of sp³-hybridized carbons (Fsp3) is 0.500. The van der Waals surface area contributed by atoms with Crippen molar-refractivity contribution in [3.8, 4) is 0 Å². The number of hydrogen-bond donors (Lipinski definition) is 2. The molecular weight excluding hydrogens is 230 g/mol. The molecule has 0 aliphatic rings. The average Bonchev–Trinajstić information content (AvgIpc) is 2.71. The van der Waals surface area contributed by atoms with Crippen LogP contribution in [0.3, 0.4) is 0 Å². The molecular formula is C8H13N5O2S. The Kier molecular flexibility index (Phi) is 4.18. The number of aryl methyl sites for hydroxylation is 1. The molecule has 0 spiro atoms. The monoisotopic (exact) mass is 243 g/mol. The zero-order valence-corrected chi connectivity index (χ0v) is 9.86. The number of amidine groups is 1. The Morgan fingerprint density at radius 2 is 2.38 bits per heavy atom. The van der Waals surface area contributed by atoms with Gasteiger partial charge < -0.3 is 15.8 Å². The summed E-state index contributed by atoms with van der Waals surface area (Å²) in [6.07, 6.45) is 0. The molecule has 0 aliphatic heterocycles. The van der Waals surface area contributed by atoms with Crippen molar-refractivity contribution in [3.63, 3.8) is 0 Å². The number of aromatic nitrogens is 2. The van der Waals surface area contributed by atoms with Crippen molar-refractivity contribution in [2.75, 3.05) is 13.1 Å². The zero-order valence-electron chi connectivity index (χ0n) is 9.04. The predicted octanol–water partition coefficient (Wildman–Crippen LogP) is 0.0550. The van der Waals surface area contributed by atoms with Gasteiger partial charge in [-0.3, -0.25) is 4.79 Å². The minimum Gasteiger partial charge on any atom is -0.409 e. The molecule has 7 nitrogen and oxygen atoms in total. The van der Waals surface area contributed by atoms with E-state index in [1.165, 1.54) is 4.90 Å². The summed E-state index contributed by atoms with van der Waals surface area (Å²) in [5, 5.41) is 15.0. The van der Waals surface area contributed by atoms with Crippen molar-refractivity contribution in [1.29, 1.82) is 0 Å². The fourth-order valence-electron chi connectivity index (χ4n) is 1.13. The van der Waals surface area contributed by atoms with Crippen LogP contribution in [0.4, 0.5) is 0 Å². The standard InChI is InChI=1S/C8H13N5O2S/c1-3-13(4-6(9)11-15)8(14)7-5(2)10-12-16-7/h15H,3-4H2,1-2H3,(H2,9,11). The van der Waals surface area contributed by atoms with Crippen LogP contribution in [0.1, 0.15) is 22.3 Å². The number of likely N-dealkylation sites (N-methyl/N-ethyl adjacent to an activating group) is 1. The summed E-state index contributed by atoms with van der Waals surface area (Å²) in [5.74, 6) is -0.216. The number of oxime groups is 1. The van der Waals surface area contributed by atoms with Crippen molar-refractivity contribution in [1.82, 2.24) is 14.5 Å². The van der Waals surface area contributed by atoms with Crippen LogP contribution in [-0.2, 0) is 0 Å². The minimum atomic E-state index is -0.207. The van der Waals surface area contributed by atoms with Gasteiger partial charge in [0.1, 0.15) is 4.88 Å². The molecule has 0 bridgehead atoms. The lowest BCUT2D eigenvalue weighted by Crippen LogP contribution is -2.38. The van der Waals surface area contributed by atoms with E-state index in [9.17, 15) is 4.79 Å².